The van der Waals surface area contributed by atoms with Gasteiger partial charge in [-0.2, -0.15) is 0 Å². The molecule has 0 amide bonds. The van der Waals surface area contributed by atoms with E-state index in [0.717, 1.165) is 6.42 Å². The summed E-state index contributed by atoms with van der Waals surface area (Å²) < 4.78 is 0. The fourth-order valence-electron chi connectivity index (χ4n) is 1.37. The lowest BCUT2D eigenvalue weighted by Gasteiger charge is -2.00. The molecule has 1 atom stereocenters. The second-order valence-corrected chi connectivity index (χ2v) is 5.11. The molecule has 0 saturated carbocycles. The molecule has 1 unspecified atom stereocenters. The second kappa shape index (κ2) is 8.60. The molecule has 0 fully saturated rings. The van der Waals surface area contributed by atoms with Crippen LogP contribution in [0.5, 0.6) is 0 Å². The molecular weight excluding hydrogens is 236 g/mol. The van der Waals surface area contributed by atoms with Crippen molar-refractivity contribution in [2.75, 3.05) is 0 Å². The SMILES string of the molecule is CCc1ccccccc(C(C)CC)[sH+]1.[Cl-]. The van der Waals surface area contributed by atoms with Gasteiger partial charge < -0.3 is 12.4 Å². The maximum absolute atomic E-state index is 2.31. The highest BCUT2D eigenvalue weighted by atomic mass is 35.5. The van der Waals surface area contributed by atoms with E-state index < -0.39 is 0 Å². The van der Waals surface area contributed by atoms with Crippen molar-refractivity contribution in [1.29, 1.82) is 0 Å². The number of halogens is 1. The minimum Gasteiger partial charge on any atom is -1.00 e. The lowest BCUT2D eigenvalue weighted by molar-refractivity contribution is -0.00000318. The van der Waals surface area contributed by atoms with Crippen LogP contribution >= 0.6 is 11.3 Å². The molecule has 0 nitrogen and oxygen atoms in total. The van der Waals surface area contributed by atoms with Gasteiger partial charge in [0.1, 0.15) is 4.88 Å². The molecular formula is C14H21ClS. The number of rotatable bonds is 3. The Morgan fingerprint density at radius 3 is 2.25 bits per heavy atom. The van der Waals surface area contributed by atoms with Gasteiger partial charge in [0.25, 0.3) is 0 Å². The molecule has 0 N–H and O–H groups in total. The smallest absolute Gasteiger partial charge is 0.150 e. The van der Waals surface area contributed by atoms with Crippen LogP contribution in [0.2, 0.25) is 0 Å². The summed E-state index contributed by atoms with van der Waals surface area (Å²) in [6.07, 6.45) is 2.36. The fourth-order valence-corrected chi connectivity index (χ4v) is 2.58. The zero-order chi connectivity index (χ0) is 11.1. The van der Waals surface area contributed by atoms with Gasteiger partial charge in [-0.25, -0.2) is 0 Å². The van der Waals surface area contributed by atoms with Crippen LogP contribution in [0.1, 0.15) is 42.9 Å². The summed E-state index contributed by atoms with van der Waals surface area (Å²) in [5.41, 5.74) is 0. The van der Waals surface area contributed by atoms with Gasteiger partial charge >= 0.3 is 0 Å². The zero-order valence-electron chi connectivity index (χ0n) is 10.3. The molecule has 0 aliphatic rings. The van der Waals surface area contributed by atoms with Gasteiger partial charge in [0, 0.05) is 12.3 Å². The van der Waals surface area contributed by atoms with Gasteiger partial charge in [0.05, 0.1) is 0 Å². The van der Waals surface area contributed by atoms with Gasteiger partial charge in [0.15, 0.2) is 4.88 Å². The molecule has 0 spiro atoms. The molecule has 1 aromatic heterocycles. The summed E-state index contributed by atoms with van der Waals surface area (Å²) in [5.74, 6) is 0.685. The molecule has 0 aromatic carbocycles. The Morgan fingerprint density at radius 2 is 1.69 bits per heavy atom. The first-order valence-electron chi connectivity index (χ1n) is 5.73. The van der Waals surface area contributed by atoms with E-state index in [9.17, 15) is 0 Å². The highest BCUT2D eigenvalue weighted by Gasteiger charge is 2.08. The van der Waals surface area contributed by atoms with E-state index in [4.69, 9.17) is 0 Å². The lowest BCUT2D eigenvalue weighted by Crippen LogP contribution is -3.00. The Morgan fingerprint density at radius 1 is 1.06 bits per heavy atom. The van der Waals surface area contributed by atoms with Crippen LogP contribution in [0, 0.1) is 0 Å². The molecule has 16 heavy (non-hydrogen) atoms. The van der Waals surface area contributed by atoms with Crippen molar-refractivity contribution in [3.63, 3.8) is 0 Å². The predicted molar refractivity (Wildman–Crippen MR) is 71.4 cm³/mol. The van der Waals surface area contributed by atoms with E-state index >= 15 is 0 Å². The summed E-state index contributed by atoms with van der Waals surface area (Å²) in [6.45, 7) is 6.79. The molecule has 1 heterocycles. The Kier molecular flexibility index (Phi) is 8.32. The first kappa shape index (κ1) is 15.5. The largest absolute Gasteiger partial charge is 1.00 e. The average Bonchev–Trinajstić information content (AvgIpc) is 2.39. The van der Waals surface area contributed by atoms with Gasteiger partial charge in [-0.1, -0.05) is 45.0 Å². The van der Waals surface area contributed by atoms with Crippen molar-refractivity contribution in [2.45, 2.75) is 39.5 Å². The number of hydrogen-bond acceptors (Lipinski definition) is 0. The van der Waals surface area contributed by atoms with Crippen LogP contribution in [0.15, 0.2) is 36.4 Å². The molecule has 1 rings (SSSR count). The lowest BCUT2D eigenvalue weighted by atomic mass is 10.1. The molecule has 0 saturated heterocycles. The van der Waals surface area contributed by atoms with Gasteiger partial charge in [0.2, 0.25) is 0 Å². The summed E-state index contributed by atoms with van der Waals surface area (Å²) >= 11 is 1.40. The average molecular weight is 257 g/mol. The van der Waals surface area contributed by atoms with Crippen LogP contribution in [-0.4, -0.2) is 0 Å². The highest BCUT2D eigenvalue weighted by Crippen LogP contribution is 2.23. The van der Waals surface area contributed by atoms with Crippen molar-refractivity contribution < 1.29 is 12.4 Å². The number of aryl methyl sites for hydroxylation is 1. The normalized spacial score (nSPS) is 11.2. The maximum Gasteiger partial charge on any atom is 0.150 e. The van der Waals surface area contributed by atoms with Gasteiger partial charge in [-0.15, -0.1) is 0 Å². The quantitative estimate of drug-likeness (QED) is 0.722. The Bertz CT molecular complexity index is 342. The number of hydrogen-bond donors (Lipinski definition) is 0. The van der Waals surface area contributed by atoms with Crippen molar-refractivity contribution in [2.24, 2.45) is 0 Å². The van der Waals surface area contributed by atoms with E-state index in [1.807, 2.05) is 0 Å². The van der Waals surface area contributed by atoms with Crippen LogP contribution in [0.25, 0.3) is 0 Å². The molecule has 0 bridgehead atoms. The minimum atomic E-state index is 0. The molecule has 2 heteroatoms. The molecule has 90 valence electrons. The van der Waals surface area contributed by atoms with E-state index in [1.165, 1.54) is 27.5 Å². The Labute approximate surface area is 109 Å². The molecule has 0 aliphatic carbocycles. The van der Waals surface area contributed by atoms with Crippen LogP contribution < -0.4 is 12.4 Å². The Hall–Kier alpha value is -0.530. The fraction of sp³-hybridized carbons (Fsp3) is 0.429. The topological polar surface area (TPSA) is 0 Å². The van der Waals surface area contributed by atoms with Crippen molar-refractivity contribution in [1.82, 2.24) is 0 Å². The Balaban J connectivity index is 0.00000225. The first-order valence-corrected chi connectivity index (χ1v) is 6.63. The van der Waals surface area contributed by atoms with E-state index in [1.54, 1.807) is 0 Å². The van der Waals surface area contributed by atoms with E-state index in [0.29, 0.717) is 5.92 Å². The predicted octanol–water partition coefficient (Wildman–Crippen LogP) is 1.68. The second-order valence-electron chi connectivity index (χ2n) is 3.79. The van der Waals surface area contributed by atoms with Crippen molar-refractivity contribution in [3.05, 3.63) is 46.2 Å². The molecule has 0 aliphatic heterocycles. The third-order valence-corrected chi connectivity index (χ3v) is 4.24. The molecule has 0 radical (unpaired) electrons. The van der Waals surface area contributed by atoms with Gasteiger partial charge in [-0.05, 0) is 29.9 Å². The van der Waals surface area contributed by atoms with Crippen LogP contribution in [0.4, 0.5) is 0 Å². The highest BCUT2D eigenvalue weighted by molar-refractivity contribution is 7.11. The summed E-state index contributed by atoms with van der Waals surface area (Å²) in [6, 6.07) is 13.0. The summed E-state index contributed by atoms with van der Waals surface area (Å²) in [5, 5.41) is 0. The third-order valence-electron chi connectivity index (χ3n) is 2.64. The third kappa shape index (κ3) is 5.00. The van der Waals surface area contributed by atoms with Crippen LogP contribution in [-0.2, 0) is 6.42 Å². The summed E-state index contributed by atoms with van der Waals surface area (Å²) in [7, 11) is 0. The standard InChI is InChI=1S/C14H20S.ClH/c1-4-12(3)14-11-9-7-6-8-10-13(5-2)15-14;/h6-12H,4-5H2,1-3H3;1H. The summed E-state index contributed by atoms with van der Waals surface area (Å²) in [4.78, 5) is 3.03. The molecule has 1 aromatic rings. The van der Waals surface area contributed by atoms with Gasteiger partial charge in [-0.3, -0.25) is 0 Å². The van der Waals surface area contributed by atoms with Crippen molar-refractivity contribution >= 4 is 11.3 Å². The van der Waals surface area contributed by atoms with Crippen LogP contribution in [0.3, 0.4) is 0 Å². The maximum atomic E-state index is 2.31. The minimum absolute atomic E-state index is 0. The van der Waals surface area contributed by atoms with E-state index in [-0.39, 0.29) is 12.4 Å². The van der Waals surface area contributed by atoms with E-state index in [2.05, 4.69) is 57.2 Å². The zero-order valence-corrected chi connectivity index (χ0v) is 11.9. The first-order chi connectivity index (χ1) is 7.27. The van der Waals surface area contributed by atoms with Crippen molar-refractivity contribution in [3.8, 4) is 0 Å². The monoisotopic (exact) mass is 256 g/mol.